The molecule has 8 aromatic carbocycles. The van der Waals surface area contributed by atoms with E-state index in [9.17, 15) is 0 Å². The van der Waals surface area contributed by atoms with Crippen LogP contribution in [0.15, 0.2) is 176 Å². The Labute approximate surface area is 343 Å². The lowest BCUT2D eigenvalue weighted by Crippen LogP contribution is -2.22. The van der Waals surface area contributed by atoms with Crippen molar-refractivity contribution < 1.29 is 0 Å². The van der Waals surface area contributed by atoms with Crippen molar-refractivity contribution in [3.8, 4) is 33.4 Å². The van der Waals surface area contributed by atoms with E-state index in [1.165, 1.54) is 127 Å². The van der Waals surface area contributed by atoms with Gasteiger partial charge in [0.25, 0.3) is 0 Å². The van der Waals surface area contributed by atoms with Gasteiger partial charge in [0.15, 0.2) is 0 Å². The number of anilines is 3. The first-order valence-electron chi connectivity index (χ1n) is 21.4. The number of para-hydroxylation sites is 1. The molecular weight excluding hydrogens is 699 g/mol. The van der Waals surface area contributed by atoms with E-state index in [0.29, 0.717) is 5.92 Å². The molecule has 1 saturated carbocycles. The molecule has 0 amide bonds. The highest BCUT2D eigenvalue weighted by molar-refractivity contribution is 6.05. The number of hydrogen-bond acceptors (Lipinski definition) is 1. The predicted octanol–water partition coefficient (Wildman–Crippen LogP) is 15.7. The fraction of sp³-hybridized carbons (Fsp3) is 0.193. The van der Waals surface area contributed by atoms with E-state index in [2.05, 4.69) is 202 Å². The van der Waals surface area contributed by atoms with Gasteiger partial charge in [0, 0.05) is 27.6 Å². The lowest BCUT2D eigenvalue weighted by molar-refractivity contribution is 0.445. The lowest BCUT2D eigenvalue weighted by atomic mass is 9.74. The highest BCUT2D eigenvalue weighted by Crippen LogP contribution is 2.58. The van der Waals surface area contributed by atoms with Gasteiger partial charge in [-0.15, -0.1) is 0 Å². The molecule has 1 atom stereocenters. The Morgan fingerprint density at radius 2 is 1.05 bits per heavy atom. The highest BCUT2D eigenvalue weighted by Gasteiger charge is 2.43. The summed E-state index contributed by atoms with van der Waals surface area (Å²) in [5, 5.41) is 2.74. The molecule has 0 bridgehead atoms. The summed E-state index contributed by atoms with van der Waals surface area (Å²) in [5.74, 6) is 0.590. The molecule has 58 heavy (non-hydrogen) atoms. The fourth-order valence-electron chi connectivity index (χ4n) is 11.3. The summed E-state index contributed by atoms with van der Waals surface area (Å²) in [6, 6.07) is 66.7. The first-order valence-corrected chi connectivity index (χ1v) is 21.4. The minimum Gasteiger partial charge on any atom is -0.309 e. The van der Waals surface area contributed by atoms with Crippen LogP contribution in [0.4, 0.5) is 17.1 Å². The van der Waals surface area contributed by atoms with Gasteiger partial charge in [0.1, 0.15) is 0 Å². The van der Waals surface area contributed by atoms with Gasteiger partial charge in [-0.25, -0.2) is 0 Å². The Bertz CT molecular complexity index is 2870. The summed E-state index contributed by atoms with van der Waals surface area (Å²) in [4.78, 5) is 2.60. The van der Waals surface area contributed by atoms with Gasteiger partial charge in [-0.1, -0.05) is 185 Å². The molecule has 8 aromatic rings. The zero-order valence-corrected chi connectivity index (χ0v) is 33.8. The fourth-order valence-corrected chi connectivity index (χ4v) is 11.3. The maximum atomic E-state index is 2.60. The molecule has 0 radical (unpaired) electrons. The molecule has 0 heterocycles. The van der Waals surface area contributed by atoms with E-state index in [1.54, 1.807) is 0 Å². The zero-order valence-electron chi connectivity index (χ0n) is 33.8. The second kappa shape index (κ2) is 13.5. The van der Waals surface area contributed by atoms with Crippen LogP contribution in [0.5, 0.6) is 0 Å². The molecule has 0 spiro atoms. The Balaban J connectivity index is 1.20. The second-order valence-corrected chi connectivity index (χ2v) is 17.6. The van der Waals surface area contributed by atoms with Crippen molar-refractivity contribution in [3.63, 3.8) is 0 Å². The highest BCUT2D eigenvalue weighted by atomic mass is 15.1. The largest absolute Gasteiger partial charge is 0.309 e. The molecule has 11 rings (SSSR count). The Kier molecular flexibility index (Phi) is 8.12. The van der Waals surface area contributed by atoms with Gasteiger partial charge in [0.2, 0.25) is 0 Å². The average molecular weight is 748 g/mol. The van der Waals surface area contributed by atoms with Gasteiger partial charge in [-0.2, -0.15) is 0 Å². The van der Waals surface area contributed by atoms with Crippen molar-refractivity contribution in [1.82, 2.24) is 0 Å². The number of fused-ring (bicyclic) bond motifs is 7. The molecule has 1 fully saturated rings. The normalized spacial score (nSPS) is 17.7. The first-order chi connectivity index (χ1) is 28.4. The third-order valence-electron chi connectivity index (χ3n) is 14.2. The van der Waals surface area contributed by atoms with Crippen molar-refractivity contribution in [2.24, 2.45) is 0 Å². The summed E-state index contributed by atoms with van der Waals surface area (Å²) in [7, 11) is 0. The number of benzene rings is 8. The van der Waals surface area contributed by atoms with Crippen LogP contribution in [0.3, 0.4) is 0 Å². The minimum atomic E-state index is -0.305. The molecule has 3 aliphatic rings. The molecule has 0 aliphatic heterocycles. The number of hydrogen-bond donors (Lipinski definition) is 0. The topological polar surface area (TPSA) is 3.24 Å². The quantitative estimate of drug-likeness (QED) is 0.164. The van der Waals surface area contributed by atoms with Crippen molar-refractivity contribution in [3.05, 3.63) is 209 Å². The summed E-state index contributed by atoms with van der Waals surface area (Å²) < 4.78 is 0. The average Bonchev–Trinajstić information content (AvgIpc) is 3.68. The standard InChI is InChI=1S/C57H49N/c1-56(2)48-30-13-10-25-43(48)44-36-35-41(37-51(44)56)58(53-34-18-32-50-55(53)47-27-11-14-31-49(47)57(50,3)40-23-8-5-9-24-40)52-33-15-12-26-45(52)46-29-17-22-39-21-16-28-42(54(39)46)38-19-6-4-7-20-38/h5,8-18,21-38H,4,6-7,19-20H2,1-3H3. The van der Waals surface area contributed by atoms with Crippen molar-refractivity contribution in [2.75, 3.05) is 4.90 Å². The van der Waals surface area contributed by atoms with Gasteiger partial charge in [-0.3, -0.25) is 0 Å². The van der Waals surface area contributed by atoms with E-state index in [4.69, 9.17) is 0 Å². The summed E-state index contributed by atoms with van der Waals surface area (Å²) in [5.41, 5.74) is 19.3. The van der Waals surface area contributed by atoms with Gasteiger partial charge in [-0.05, 0) is 116 Å². The van der Waals surface area contributed by atoms with E-state index in [1.807, 2.05) is 0 Å². The molecule has 3 aliphatic carbocycles. The van der Waals surface area contributed by atoms with Crippen LogP contribution in [0.25, 0.3) is 44.2 Å². The Morgan fingerprint density at radius 1 is 0.448 bits per heavy atom. The summed E-state index contributed by atoms with van der Waals surface area (Å²) in [6.07, 6.45) is 6.51. The molecular formula is C57H49N. The maximum Gasteiger partial charge on any atom is 0.0543 e. The molecule has 1 unspecified atom stereocenters. The van der Waals surface area contributed by atoms with Gasteiger partial charge < -0.3 is 4.90 Å². The SMILES string of the molecule is CC1(C)c2ccccc2-c2ccc(N(c3ccccc3-c3cccc4cccc(C5CCCCC5)c34)c3cccc4c3-c3ccccc3C4(C)c3ccccc3)cc21. The monoisotopic (exact) mass is 747 g/mol. The third-order valence-corrected chi connectivity index (χ3v) is 14.2. The smallest absolute Gasteiger partial charge is 0.0543 e. The Morgan fingerprint density at radius 3 is 1.86 bits per heavy atom. The number of nitrogens with zero attached hydrogens (tertiary/aromatic N) is 1. The van der Waals surface area contributed by atoms with Crippen LogP contribution in [-0.2, 0) is 10.8 Å². The Hall–Kier alpha value is -6.18. The van der Waals surface area contributed by atoms with Gasteiger partial charge in [0.05, 0.1) is 11.4 Å². The van der Waals surface area contributed by atoms with Crippen molar-refractivity contribution in [2.45, 2.75) is 69.6 Å². The van der Waals surface area contributed by atoms with E-state index < -0.39 is 0 Å². The van der Waals surface area contributed by atoms with Crippen LogP contribution in [0.1, 0.15) is 92.2 Å². The molecule has 0 aromatic heterocycles. The number of rotatable bonds is 6. The minimum absolute atomic E-state index is 0.130. The van der Waals surface area contributed by atoms with Crippen LogP contribution >= 0.6 is 0 Å². The van der Waals surface area contributed by atoms with Crippen LogP contribution in [0.2, 0.25) is 0 Å². The molecule has 0 N–H and O–H groups in total. The van der Waals surface area contributed by atoms with Crippen LogP contribution in [0, 0.1) is 0 Å². The van der Waals surface area contributed by atoms with Crippen LogP contribution < -0.4 is 4.90 Å². The summed E-state index contributed by atoms with van der Waals surface area (Å²) in [6.45, 7) is 7.21. The molecule has 282 valence electrons. The lowest BCUT2D eigenvalue weighted by Gasteiger charge is -2.33. The zero-order chi connectivity index (χ0) is 39.0. The van der Waals surface area contributed by atoms with E-state index in [0.717, 1.165) is 0 Å². The van der Waals surface area contributed by atoms with E-state index in [-0.39, 0.29) is 10.8 Å². The summed E-state index contributed by atoms with van der Waals surface area (Å²) >= 11 is 0. The van der Waals surface area contributed by atoms with Gasteiger partial charge >= 0.3 is 0 Å². The van der Waals surface area contributed by atoms with Crippen LogP contribution in [-0.4, -0.2) is 0 Å². The molecule has 1 nitrogen and oxygen atoms in total. The van der Waals surface area contributed by atoms with Crippen molar-refractivity contribution >= 4 is 27.8 Å². The second-order valence-electron chi connectivity index (χ2n) is 17.6. The molecule has 0 saturated heterocycles. The first kappa shape index (κ1) is 35.0. The molecule has 1 heteroatoms. The third kappa shape index (κ3) is 5.15. The predicted molar refractivity (Wildman–Crippen MR) is 245 cm³/mol. The van der Waals surface area contributed by atoms with Crippen molar-refractivity contribution in [1.29, 1.82) is 0 Å². The van der Waals surface area contributed by atoms with E-state index >= 15 is 0 Å². The maximum absolute atomic E-state index is 2.60.